The van der Waals surface area contributed by atoms with Crippen molar-refractivity contribution in [1.29, 1.82) is 0 Å². The highest BCUT2D eigenvalue weighted by atomic mass is 15.2. The van der Waals surface area contributed by atoms with E-state index >= 15 is 0 Å². The van der Waals surface area contributed by atoms with Crippen molar-refractivity contribution < 1.29 is 0 Å². The Labute approximate surface area is 106 Å². The van der Waals surface area contributed by atoms with E-state index in [4.69, 9.17) is 0 Å². The van der Waals surface area contributed by atoms with E-state index in [1.54, 1.807) is 0 Å². The number of piperidine rings is 1. The lowest BCUT2D eigenvalue weighted by molar-refractivity contribution is 0.131. The van der Waals surface area contributed by atoms with Crippen molar-refractivity contribution in [3.8, 4) is 0 Å². The molecule has 4 unspecified atom stereocenters. The van der Waals surface area contributed by atoms with Gasteiger partial charge in [-0.1, -0.05) is 19.8 Å². The second kappa shape index (κ2) is 4.89. The van der Waals surface area contributed by atoms with E-state index in [9.17, 15) is 0 Å². The SMILES string of the molecule is CC1CCCCC1NC1CC2CCC(C1)N2C. The van der Waals surface area contributed by atoms with Crippen LogP contribution in [0.3, 0.4) is 0 Å². The van der Waals surface area contributed by atoms with Gasteiger partial charge in [-0.2, -0.15) is 0 Å². The standard InChI is InChI=1S/C15H28N2/c1-11-5-3-4-6-15(11)16-12-9-13-7-8-14(10-12)17(13)2/h11-16H,3-10H2,1-2H3. The van der Waals surface area contributed by atoms with Gasteiger partial charge in [0.25, 0.3) is 0 Å². The summed E-state index contributed by atoms with van der Waals surface area (Å²) < 4.78 is 0. The summed E-state index contributed by atoms with van der Waals surface area (Å²) in [4.78, 5) is 2.64. The van der Waals surface area contributed by atoms with Crippen molar-refractivity contribution in [1.82, 2.24) is 10.2 Å². The Kier molecular flexibility index (Phi) is 3.45. The Morgan fingerprint density at radius 2 is 1.59 bits per heavy atom. The van der Waals surface area contributed by atoms with Gasteiger partial charge < -0.3 is 10.2 Å². The molecule has 17 heavy (non-hydrogen) atoms. The van der Waals surface area contributed by atoms with E-state index in [0.717, 1.165) is 30.1 Å². The Balaban J connectivity index is 1.56. The predicted octanol–water partition coefficient (Wildman–Crippen LogP) is 2.78. The molecule has 2 saturated heterocycles. The molecule has 98 valence electrons. The zero-order chi connectivity index (χ0) is 11.8. The third kappa shape index (κ3) is 2.39. The molecule has 2 bridgehead atoms. The van der Waals surface area contributed by atoms with Crippen LogP contribution < -0.4 is 5.32 Å². The Hall–Kier alpha value is -0.0800. The molecule has 0 aromatic carbocycles. The molecule has 3 fully saturated rings. The summed E-state index contributed by atoms with van der Waals surface area (Å²) >= 11 is 0. The summed E-state index contributed by atoms with van der Waals surface area (Å²) in [6.45, 7) is 2.44. The molecule has 3 rings (SSSR count). The van der Waals surface area contributed by atoms with Gasteiger partial charge >= 0.3 is 0 Å². The molecular formula is C15H28N2. The summed E-state index contributed by atoms with van der Waals surface area (Å²) in [7, 11) is 2.34. The first kappa shape index (κ1) is 12.0. The summed E-state index contributed by atoms with van der Waals surface area (Å²) in [5, 5.41) is 4.00. The summed E-state index contributed by atoms with van der Waals surface area (Å²) in [6.07, 6.45) is 11.4. The highest BCUT2D eigenvalue weighted by molar-refractivity contribution is 4.97. The smallest absolute Gasteiger partial charge is 0.0111 e. The van der Waals surface area contributed by atoms with E-state index in [0.29, 0.717) is 0 Å². The average molecular weight is 236 g/mol. The van der Waals surface area contributed by atoms with Gasteiger partial charge in [-0.15, -0.1) is 0 Å². The number of rotatable bonds is 2. The first-order valence-electron chi connectivity index (χ1n) is 7.72. The van der Waals surface area contributed by atoms with Crippen LogP contribution in [-0.4, -0.2) is 36.1 Å². The monoisotopic (exact) mass is 236 g/mol. The maximum Gasteiger partial charge on any atom is 0.0111 e. The number of hydrogen-bond donors (Lipinski definition) is 1. The highest BCUT2D eigenvalue weighted by Crippen LogP contribution is 2.35. The fourth-order valence-corrected chi connectivity index (χ4v) is 4.41. The van der Waals surface area contributed by atoms with Gasteiger partial charge in [0.05, 0.1) is 0 Å². The average Bonchev–Trinajstić information content (AvgIpc) is 2.55. The van der Waals surface area contributed by atoms with Gasteiger partial charge in [-0.25, -0.2) is 0 Å². The third-order valence-corrected chi connectivity index (χ3v) is 5.66. The molecule has 0 amide bonds. The predicted molar refractivity (Wildman–Crippen MR) is 72.2 cm³/mol. The van der Waals surface area contributed by atoms with Crippen LogP contribution in [0.4, 0.5) is 0 Å². The number of nitrogens with one attached hydrogen (secondary N) is 1. The van der Waals surface area contributed by atoms with Crippen LogP contribution in [0.5, 0.6) is 0 Å². The maximum absolute atomic E-state index is 4.00. The number of hydrogen-bond acceptors (Lipinski definition) is 2. The number of nitrogens with zero attached hydrogens (tertiary/aromatic N) is 1. The van der Waals surface area contributed by atoms with Crippen LogP contribution >= 0.6 is 0 Å². The molecule has 1 saturated carbocycles. The zero-order valence-corrected chi connectivity index (χ0v) is 11.5. The van der Waals surface area contributed by atoms with Crippen molar-refractivity contribution in [3.05, 3.63) is 0 Å². The topological polar surface area (TPSA) is 15.3 Å². The molecule has 2 heterocycles. The Morgan fingerprint density at radius 1 is 0.941 bits per heavy atom. The van der Waals surface area contributed by atoms with Gasteiger partial charge in [0, 0.05) is 24.2 Å². The van der Waals surface area contributed by atoms with Crippen LogP contribution in [0.1, 0.15) is 58.3 Å². The van der Waals surface area contributed by atoms with Gasteiger partial charge in [0.2, 0.25) is 0 Å². The van der Waals surface area contributed by atoms with E-state index < -0.39 is 0 Å². The van der Waals surface area contributed by atoms with Crippen LogP contribution in [0, 0.1) is 5.92 Å². The first-order chi connectivity index (χ1) is 8.24. The van der Waals surface area contributed by atoms with Gasteiger partial charge in [0.1, 0.15) is 0 Å². The molecule has 2 nitrogen and oxygen atoms in total. The van der Waals surface area contributed by atoms with Crippen molar-refractivity contribution in [2.45, 2.75) is 82.5 Å². The number of fused-ring (bicyclic) bond motifs is 2. The fourth-order valence-electron chi connectivity index (χ4n) is 4.41. The van der Waals surface area contributed by atoms with Crippen molar-refractivity contribution >= 4 is 0 Å². The van der Waals surface area contributed by atoms with Crippen LogP contribution in [0.2, 0.25) is 0 Å². The third-order valence-electron chi connectivity index (χ3n) is 5.66. The minimum absolute atomic E-state index is 0.814. The van der Waals surface area contributed by atoms with E-state index in [-0.39, 0.29) is 0 Å². The normalized spacial score (nSPS) is 47.3. The van der Waals surface area contributed by atoms with E-state index in [1.165, 1.54) is 51.4 Å². The minimum atomic E-state index is 0.814. The lowest BCUT2D eigenvalue weighted by Gasteiger charge is -2.40. The molecule has 2 heteroatoms. The molecule has 0 aromatic rings. The minimum Gasteiger partial charge on any atom is -0.311 e. The molecule has 0 spiro atoms. The summed E-state index contributed by atoms with van der Waals surface area (Å²) in [5.74, 6) is 0.904. The molecular weight excluding hydrogens is 208 g/mol. The molecule has 2 aliphatic heterocycles. The molecule has 3 aliphatic rings. The first-order valence-corrected chi connectivity index (χ1v) is 7.72. The second-order valence-corrected chi connectivity index (χ2v) is 6.75. The molecule has 0 aromatic heterocycles. The van der Waals surface area contributed by atoms with Gasteiger partial charge in [-0.3, -0.25) is 0 Å². The highest BCUT2D eigenvalue weighted by Gasteiger charge is 2.39. The van der Waals surface area contributed by atoms with E-state index in [1.807, 2.05) is 0 Å². The molecule has 1 aliphatic carbocycles. The zero-order valence-electron chi connectivity index (χ0n) is 11.5. The van der Waals surface area contributed by atoms with Gasteiger partial charge in [-0.05, 0) is 51.5 Å². The quantitative estimate of drug-likeness (QED) is 0.793. The molecule has 4 atom stereocenters. The van der Waals surface area contributed by atoms with Crippen molar-refractivity contribution in [3.63, 3.8) is 0 Å². The second-order valence-electron chi connectivity index (χ2n) is 6.75. The van der Waals surface area contributed by atoms with Crippen LogP contribution in [0.25, 0.3) is 0 Å². The summed E-state index contributed by atoms with van der Waals surface area (Å²) in [5.41, 5.74) is 0. The maximum atomic E-state index is 4.00. The molecule has 1 N–H and O–H groups in total. The van der Waals surface area contributed by atoms with Crippen molar-refractivity contribution in [2.24, 2.45) is 5.92 Å². The Bertz CT molecular complexity index is 252. The fraction of sp³-hybridized carbons (Fsp3) is 1.00. The molecule has 0 radical (unpaired) electrons. The van der Waals surface area contributed by atoms with E-state index in [2.05, 4.69) is 24.2 Å². The summed E-state index contributed by atoms with van der Waals surface area (Å²) in [6, 6.07) is 3.39. The van der Waals surface area contributed by atoms with Gasteiger partial charge in [0.15, 0.2) is 0 Å². The van der Waals surface area contributed by atoms with Crippen LogP contribution in [0.15, 0.2) is 0 Å². The largest absolute Gasteiger partial charge is 0.311 e. The van der Waals surface area contributed by atoms with Crippen molar-refractivity contribution in [2.75, 3.05) is 7.05 Å². The lowest BCUT2D eigenvalue weighted by atomic mass is 9.84. The lowest BCUT2D eigenvalue weighted by Crippen LogP contribution is -2.51. The van der Waals surface area contributed by atoms with Crippen LogP contribution in [-0.2, 0) is 0 Å². The Morgan fingerprint density at radius 3 is 2.24 bits per heavy atom.